The van der Waals surface area contributed by atoms with Crippen LogP contribution in [0.5, 0.6) is 5.88 Å². The van der Waals surface area contributed by atoms with E-state index in [2.05, 4.69) is 9.72 Å². The molecule has 1 aromatic heterocycles. The molecule has 15 heavy (non-hydrogen) atoms. The Hall–Kier alpha value is -0.710. The van der Waals surface area contributed by atoms with Gasteiger partial charge in [-0.1, -0.05) is 34.8 Å². The average molecular weight is 270 g/mol. The van der Waals surface area contributed by atoms with Crippen molar-refractivity contribution in [3.8, 4) is 5.88 Å². The molecule has 0 bridgehead atoms. The quantitative estimate of drug-likeness (QED) is 0.481. The molecule has 4 nitrogen and oxygen atoms in total. The van der Waals surface area contributed by atoms with Crippen molar-refractivity contribution in [1.29, 1.82) is 0 Å². The summed E-state index contributed by atoms with van der Waals surface area (Å²) in [6, 6.07) is 1.39. The van der Waals surface area contributed by atoms with E-state index in [-0.39, 0.29) is 27.9 Å². The Morgan fingerprint density at radius 1 is 1.40 bits per heavy atom. The number of carbonyl (C=O) groups excluding carboxylic acids is 1. The second-order valence-electron chi connectivity index (χ2n) is 2.45. The third-order valence-electron chi connectivity index (χ3n) is 1.31. The zero-order valence-corrected chi connectivity index (χ0v) is 9.86. The van der Waals surface area contributed by atoms with Gasteiger partial charge in [-0.25, -0.2) is 0 Å². The van der Waals surface area contributed by atoms with E-state index in [1.54, 1.807) is 0 Å². The Kier molecular flexibility index (Phi) is 4.45. The lowest BCUT2D eigenvalue weighted by Gasteiger charge is -2.07. The lowest BCUT2D eigenvalue weighted by atomic mass is 10.5. The standard InChI is InChI=1S/C8H6Cl3NO3/c1-4(13)14-3-15-8-6(10)2-5(9)7(11)12-8/h2H,3H2,1H3. The highest BCUT2D eigenvalue weighted by molar-refractivity contribution is 6.42. The van der Waals surface area contributed by atoms with E-state index >= 15 is 0 Å². The topological polar surface area (TPSA) is 48.4 Å². The Bertz CT molecular complexity index is 384. The van der Waals surface area contributed by atoms with E-state index < -0.39 is 5.97 Å². The van der Waals surface area contributed by atoms with Gasteiger partial charge in [0.1, 0.15) is 5.02 Å². The van der Waals surface area contributed by atoms with Crippen molar-refractivity contribution < 1.29 is 14.3 Å². The van der Waals surface area contributed by atoms with E-state index in [1.807, 2.05) is 0 Å². The van der Waals surface area contributed by atoms with Gasteiger partial charge in [0, 0.05) is 6.92 Å². The predicted octanol–water partition coefficient (Wildman–Crippen LogP) is 2.94. The Labute approximate surface area is 101 Å². The SMILES string of the molecule is CC(=O)OCOc1nc(Cl)c(Cl)cc1Cl. The number of esters is 1. The Morgan fingerprint density at radius 3 is 2.67 bits per heavy atom. The van der Waals surface area contributed by atoms with Crippen LogP contribution >= 0.6 is 34.8 Å². The first-order valence-corrected chi connectivity index (χ1v) is 4.92. The maximum Gasteiger partial charge on any atom is 0.305 e. The van der Waals surface area contributed by atoms with E-state index in [9.17, 15) is 4.79 Å². The van der Waals surface area contributed by atoms with Crippen molar-refractivity contribution in [2.45, 2.75) is 6.92 Å². The monoisotopic (exact) mass is 269 g/mol. The molecule has 0 amide bonds. The maximum atomic E-state index is 10.4. The Morgan fingerprint density at radius 2 is 2.07 bits per heavy atom. The molecule has 0 radical (unpaired) electrons. The van der Waals surface area contributed by atoms with Crippen LogP contribution in [0.2, 0.25) is 15.2 Å². The average Bonchev–Trinajstić information content (AvgIpc) is 2.13. The highest BCUT2D eigenvalue weighted by atomic mass is 35.5. The minimum Gasteiger partial charge on any atom is -0.439 e. The first-order valence-electron chi connectivity index (χ1n) is 3.78. The van der Waals surface area contributed by atoms with E-state index in [1.165, 1.54) is 13.0 Å². The normalized spacial score (nSPS) is 9.87. The molecular formula is C8H6Cl3NO3. The summed E-state index contributed by atoms with van der Waals surface area (Å²) < 4.78 is 9.49. The summed E-state index contributed by atoms with van der Waals surface area (Å²) in [5.74, 6) is -0.404. The van der Waals surface area contributed by atoms with Gasteiger partial charge in [0.15, 0.2) is 5.15 Å². The zero-order valence-electron chi connectivity index (χ0n) is 7.59. The third kappa shape index (κ3) is 3.74. The van der Waals surface area contributed by atoms with Crippen LogP contribution in [0.4, 0.5) is 0 Å². The molecule has 0 aliphatic rings. The fourth-order valence-corrected chi connectivity index (χ4v) is 1.24. The number of hydrogen-bond acceptors (Lipinski definition) is 4. The van der Waals surface area contributed by atoms with E-state index in [0.29, 0.717) is 0 Å². The molecule has 82 valence electrons. The van der Waals surface area contributed by atoms with Crippen LogP contribution in [0.3, 0.4) is 0 Å². The number of hydrogen-bond donors (Lipinski definition) is 0. The molecule has 1 heterocycles. The van der Waals surface area contributed by atoms with Gasteiger partial charge in [-0.2, -0.15) is 4.98 Å². The van der Waals surface area contributed by atoms with Crippen LogP contribution in [0.15, 0.2) is 6.07 Å². The molecule has 0 spiro atoms. The van der Waals surface area contributed by atoms with Crippen molar-refractivity contribution in [2.24, 2.45) is 0 Å². The van der Waals surface area contributed by atoms with Gasteiger partial charge in [0.2, 0.25) is 12.7 Å². The van der Waals surface area contributed by atoms with Gasteiger partial charge in [0.05, 0.1) is 5.02 Å². The van der Waals surface area contributed by atoms with Crippen molar-refractivity contribution in [1.82, 2.24) is 4.98 Å². The zero-order chi connectivity index (χ0) is 11.4. The molecule has 0 fully saturated rings. The summed E-state index contributed by atoms with van der Waals surface area (Å²) in [5.41, 5.74) is 0. The summed E-state index contributed by atoms with van der Waals surface area (Å²) in [5, 5.41) is 0.483. The summed E-state index contributed by atoms with van der Waals surface area (Å²) in [7, 11) is 0. The number of pyridine rings is 1. The minimum atomic E-state index is -0.466. The van der Waals surface area contributed by atoms with Gasteiger partial charge >= 0.3 is 5.97 Å². The molecule has 0 atom stereocenters. The van der Waals surface area contributed by atoms with Crippen LogP contribution in [0.25, 0.3) is 0 Å². The van der Waals surface area contributed by atoms with Gasteiger partial charge in [0.25, 0.3) is 0 Å². The van der Waals surface area contributed by atoms with Crippen molar-refractivity contribution >= 4 is 40.8 Å². The number of ether oxygens (including phenoxy) is 2. The molecule has 0 aliphatic heterocycles. The lowest BCUT2D eigenvalue weighted by molar-refractivity contribution is -0.147. The number of aromatic nitrogens is 1. The Balaban J connectivity index is 2.69. The number of carbonyl (C=O) groups is 1. The number of nitrogens with zero attached hydrogens (tertiary/aromatic N) is 1. The van der Waals surface area contributed by atoms with Crippen LogP contribution in [0, 0.1) is 0 Å². The molecular weight excluding hydrogens is 264 g/mol. The maximum absolute atomic E-state index is 10.4. The second kappa shape index (κ2) is 5.39. The summed E-state index contributed by atoms with van der Waals surface area (Å²) in [4.78, 5) is 14.2. The number of halogens is 3. The lowest BCUT2D eigenvalue weighted by Crippen LogP contribution is -2.07. The third-order valence-corrected chi connectivity index (χ3v) is 2.26. The molecule has 0 saturated heterocycles. The minimum absolute atomic E-state index is 0.0623. The van der Waals surface area contributed by atoms with Crippen LogP contribution in [0.1, 0.15) is 6.92 Å². The van der Waals surface area contributed by atoms with Gasteiger partial charge in [-0.15, -0.1) is 0 Å². The number of rotatable bonds is 3. The first kappa shape index (κ1) is 12.4. The molecule has 0 unspecified atom stereocenters. The summed E-state index contributed by atoms with van der Waals surface area (Å²) >= 11 is 17.0. The molecule has 0 N–H and O–H groups in total. The molecule has 7 heteroatoms. The van der Waals surface area contributed by atoms with Crippen LogP contribution in [-0.2, 0) is 9.53 Å². The van der Waals surface area contributed by atoms with Crippen LogP contribution < -0.4 is 4.74 Å². The van der Waals surface area contributed by atoms with Gasteiger partial charge in [-0.05, 0) is 6.07 Å². The van der Waals surface area contributed by atoms with Crippen molar-refractivity contribution in [3.05, 3.63) is 21.3 Å². The summed E-state index contributed by atoms with van der Waals surface area (Å²) in [6.45, 7) is 0.979. The van der Waals surface area contributed by atoms with E-state index in [4.69, 9.17) is 39.5 Å². The fourth-order valence-electron chi connectivity index (χ4n) is 0.698. The van der Waals surface area contributed by atoms with Crippen molar-refractivity contribution in [2.75, 3.05) is 6.79 Å². The largest absolute Gasteiger partial charge is 0.439 e. The van der Waals surface area contributed by atoms with Gasteiger partial charge in [-0.3, -0.25) is 4.79 Å². The molecule has 1 aromatic rings. The molecule has 0 aliphatic carbocycles. The smallest absolute Gasteiger partial charge is 0.305 e. The van der Waals surface area contributed by atoms with Gasteiger partial charge < -0.3 is 9.47 Å². The van der Waals surface area contributed by atoms with Crippen LogP contribution in [-0.4, -0.2) is 17.7 Å². The first-order chi connectivity index (χ1) is 7.00. The molecule has 0 saturated carbocycles. The molecule has 0 aromatic carbocycles. The highest BCUT2D eigenvalue weighted by Crippen LogP contribution is 2.30. The highest BCUT2D eigenvalue weighted by Gasteiger charge is 2.09. The van der Waals surface area contributed by atoms with Crippen molar-refractivity contribution in [3.63, 3.8) is 0 Å². The fraction of sp³-hybridized carbons (Fsp3) is 0.250. The second-order valence-corrected chi connectivity index (χ2v) is 3.62. The molecule has 1 rings (SSSR count). The summed E-state index contributed by atoms with van der Waals surface area (Å²) in [6.07, 6.45) is 0. The predicted molar refractivity (Wildman–Crippen MR) is 56.5 cm³/mol. The van der Waals surface area contributed by atoms with E-state index in [0.717, 1.165) is 0 Å².